The van der Waals surface area contributed by atoms with E-state index in [-0.39, 0.29) is 11.8 Å². The third-order valence-electron chi connectivity index (χ3n) is 9.95. The van der Waals surface area contributed by atoms with Crippen molar-refractivity contribution in [1.82, 2.24) is 19.4 Å². The van der Waals surface area contributed by atoms with Crippen LogP contribution in [0, 0.1) is 5.41 Å². The fourth-order valence-corrected chi connectivity index (χ4v) is 7.73. The summed E-state index contributed by atoms with van der Waals surface area (Å²) in [5.74, 6) is -1.33. The Morgan fingerprint density at radius 3 is 1.55 bits per heavy atom. The monoisotopic (exact) mass is 702 g/mol. The molecule has 2 amide bonds. The summed E-state index contributed by atoms with van der Waals surface area (Å²) in [6.07, 6.45) is 1.65. The van der Waals surface area contributed by atoms with Crippen molar-refractivity contribution in [2.75, 3.05) is 7.05 Å². The Bertz CT molecular complexity index is 2090. The van der Waals surface area contributed by atoms with E-state index in [1.807, 2.05) is 98.3 Å². The number of aromatic nitrogens is 2. The van der Waals surface area contributed by atoms with Gasteiger partial charge in [0.25, 0.3) is 11.8 Å². The summed E-state index contributed by atoms with van der Waals surface area (Å²) in [5.41, 5.74) is 2.53. The molecular formula is C45H42N4O4. The number of hydrogen-bond acceptors (Lipinski definition) is 5. The molecule has 8 nitrogen and oxygen atoms in total. The average Bonchev–Trinajstić information content (AvgIpc) is 3.78. The third kappa shape index (κ3) is 6.41. The second-order valence-corrected chi connectivity index (χ2v) is 14.4. The van der Waals surface area contributed by atoms with Crippen LogP contribution in [0.4, 0.5) is 0 Å². The van der Waals surface area contributed by atoms with Gasteiger partial charge in [0.2, 0.25) is 0 Å². The summed E-state index contributed by atoms with van der Waals surface area (Å²) in [6, 6.07) is 46.8. The molecule has 1 saturated heterocycles. The van der Waals surface area contributed by atoms with Gasteiger partial charge in [0, 0.05) is 24.2 Å². The van der Waals surface area contributed by atoms with Crippen molar-refractivity contribution in [1.29, 1.82) is 0 Å². The molecule has 3 atom stereocenters. The van der Waals surface area contributed by atoms with Crippen LogP contribution >= 0.6 is 0 Å². The van der Waals surface area contributed by atoms with Crippen LogP contribution in [0.25, 0.3) is 0 Å². The second kappa shape index (κ2) is 14.4. The molecule has 5 aromatic carbocycles. The standard InChI is InChI=1S/C45H42N4O4/c1-44(2,3)43-47(4)41(51)38(49(43)40(50)32-20-10-5-11-21-32)39(53-42(52)33-22-12-6-13-23-33)37-30-48(31-46-37)45(34-24-14-7-15-25-34,35-26-16-8-17-27-35)36-28-18-9-19-29-36/h5-31,38-39,43H,1-4H3/t38-,39+,43-/m0/s1. The summed E-state index contributed by atoms with van der Waals surface area (Å²) in [5, 5.41) is 0. The molecule has 0 N–H and O–H groups in total. The van der Waals surface area contributed by atoms with E-state index in [1.165, 1.54) is 0 Å². The number of carbonyl (C=O) groups is 3. The molecule has 53 heavy (non-hydrogen) atoms. The molecular weight excluding hydrogens is 661 g/mol. The largest absolute Gasteiger partial charge is 0.449 e. The summed E-state index contributed by atoms with van der Waals surface area (Å²) in [4.78, 5) is 51.3. The van der Waals surface area contributed by atoms with Gasteiger partial charge >= 0.3 is 5.97 Å². The van der Waals surface area contributed by atoms with E-state index >= 15 is 0 Å². The molecule has 0 unspecified atom stereocenters. The number of nitrogens with zero attached hydrogens (tertiary/aromatic N) is 4. The number of benzene rings is 5. The van der Waals surface area contributed by atoms with Crippen LogP contribution in [0.2, 0.25) is 0 Å². The van der Waals surface area contributed by atoms with Crippen LogP contribution in [0.3, 0.4) is 0 Å². The maximum Gasteiger partial charge on any atom is 0.338 e. The molecule has 266 valence electrons. The van der Waals surface area contributed by atoms with Gasteiger partial charge in [-0.25, -0.2) is 9.78 Å². The Morgan fingerprint density at radius 2 is 1.09 bits per heavy atom. The van der Waals surface area contributed by atoms with Crippen molar-refractivity contribution >= 4 is 17.8 Å². The number of esters is 1. The van der Waals surface area contributed by atoms with E-state index in [9.17, 15) is 14.4 Å². The number of amides is 2. The Hall–Kier alpha value is -6.28. The highest BCUT2D eigenvalue weighted by atomic mass is 16.5. The predicted molar refractivity (Wildman–Crippen MR) is 204 cm³/mol. The Kier molecular flexibility index (Phi) is 9.54. The lowest BCUT2D eigenvalue weighted by Crippen LogP contribution is -2.52. The van der Waals surface area contributed by atoms with Gasteiger partial charge in [0.05, 0.1) is 11.9 Å². The molecule has 1 fully saturated rings. The predicted octanol–water partition coefficient (Wildman–Crippen LogP) is 7.98. The first kappa shape index (κ1) is 35.1. The maximum atomic E-state index is 14.6. The van der Waals surface area contributed by atoms with Gasteiger partial charge in [-0.05, 0) is 41.0 Å². The first-order valence-electron chi connectivity index (χ1n) is 17.7. The zero-order valence-electron chi connectivity index (χ0n) is 30.2. The molecule has 1 aromatic heterocycles. The van der Waals surface area contributed by atoms with E-state index in [0.29, 0.717) is 16.8 Å². The minimum Gasteiger partial charge on any atom is -0.449 e. The van der Waals surface area contributed by atoms with Crippen LogP contribution in [0.1, 0.15) is 70.0 Å². The van der Waals surface area contributed by atoms with Crippen molar-refractivity contribution in [3.63, 3.8) is 0 Å². The van der Waals surface area contributed by atoms with Gasteiger partial charge in [0.1, 0.15) is 17.4 Å². The molecule has 0 spiro atoms. The number of carbonyl (C=O) groups excluding carboxylic acids is 3. The summed E-state index contributed by atoms with van der Waals surface area (Å²) < 4.78 is 8.40. The van der Waals surface area contributed by atoms with E-state index in [4.69, 9.17) is 9.72 Å². The summed E-state index contributed by atoms with van der Waals surface area (Å²) in [6.45, 7) is 5.97. The van der Waals surface area contributed by atoms with Gasteiger partial charge in [-0.2, -0.15) is 0 Å². The number of likely N-dealkylation sites (N-methyl/N-ethyl adjacent to an activating group) is 1. The van der Waals surface area contributed by atoms with Crippen LogP contribution in [0.5, 0.6) is 0 Å². The lowest BCUT2D eigenvalue weighted by Gasteiger charge is -2.39. The average molecular weight is 703 g/mol. The molecule has 0 radical (unpaired) electrons. The van der Waals surface area contributed by atoms with E-state index in [0.717, 1.165) is 16.7 Å². The Balaban J connectivity index is 1.45. The van der Waals surface area contributed by atoms with Gasteiger partial charge in [-0.1, -0.05) is 148 Å². The van der Waals surface area contributed by atoms with E-state index in [2.05, 4.69) is 36.4 Å². The number of hydrogen-bond donors (Lipinski definition) is 0. The molecule has 1 aliphatic rings. The molecule has 0 bridgehead atoms. The lowest BCUT2D eigenvalue weighted by molar-refractivity contribution is -0.132. The van der Waals surface area contributed by atoms with Crippen molar-refractivity contribution in [2.24, 2.45) is 5.41 Å². The van der Waals surface area contributed by atoms with Crippen molar-refractivity contribution in [3.05, 3.63) is 198 Å². The van der Waals surface area contributed by atoms with Gasteiger partial charge in [0.15, 0.2) is 12.1 Å². The Morgan fingerprint density at radius 1 is 0.660 bits per heavy atom. The number of ether oxygens (including phenoxy) is 1. The fourth-order valence-electron chi connectivity index (χ4n) is 7.73. The SMILES string of the molecule is CN1C(=O)[C@H]([C@H](OC(=O)c2ccccc2)c2cn(C(c3ccccc3)(c3ccccc3)c3ccccc3)cn2)N(C(=O)c2ccccc2)[C@H]1C(C)(C)C. The Labute approximate surface area is 310 Å². The normalized spacial score (nSPS) is 16.7. The van der Waals surface area contributed by atoms with Gasteiger partial charge < -0.3 is 19.1 Å². The minimum atomic E-state index is -1.26. The smallest absolute Gasteiger partial charge is 0.338 e. The molecule has 6 aromatic rings. The molecule has 1 aliphatic heterocycles. The van der Waals surface area contributed by atoms with Gasteiger partial charge in [-0.3, -0.25) is 9.59 Å². The molecule has 2 heterocycles. The molecule has 7 rings (SSSR count). The van der Waals surface area contributed by atoms with Gasteiger partial charge in [-0.15, -0.1) is 0 Å². The highest BCUT2D eigenvalue weighted by molar-refractivity contribution is 6.00. The van der Waals surface area contributed by atoms with Crippen LogP contribution in [-0.2, 0) is 15.1 Å². The lowest BCUT2D eigenvalue weighted by atomic mass is 9.77. The fraction of sp³-hybridized carbons (Fsp3) is 0.200. The first-order valence-corrected chi connectivity index (χ1v) is 17.7. The van der Waals surface area contributed by atoms with Crippen LogP contribution < -0.4 is 0 Å². The van der Waals surface area contributed by atoms with E-state index < -0.39 is 35.2 Å². The van der Waals surface area contributed by atoms with Crippen molar-refractivity contribution in [2.45, 2.75) is 44.6 Å². The third-order valence-corrected chi connectivity index (χ3v) is 9.95. The first-order chi connectivity index (χ1) is 25.6. The minimum absolute atomic E-state index is 0.316. The number of imidazole rings is 1. The highest BCUT2D eigenvalue weighted by Gasteiger charge is 2.56. The molecule has 8 heteroatoms. The zero-order valence-corrected chi connectivity index (χ0v) is 30.2. The molecule has 0 saturated carbocycles. The van der Waals surface area contributed by atoms with Crippen LogP contribution in [-0.4, -0.2) is 56.4 Å². The second-order valence-electron chi connectivity index (χ2n) is 14.4. The summed E-state index contributed by atoms with van der Waals surface area (Å²) in [7, 11) is 1.70. The van der Waals surface area contributed by atoms with Crippen LogP contribution in [0.15, 0.2) is 164 Å². The van der Waals surface area contributed by atoms with Crippen molar-refractivity contribution < 1.29 is 19.1 Å². The summed E-state index contributed by atoms with van der Waals surface area (Å²) >= 11 is 0. The number of rotatable bonds is 9. The van der Waals surface area contributed by atoms with E-state index in [1.54, 1.807) is 71.7 Å². The molecule has 0 aliphatic carbocycles. The zero-order chi connectivity index (χ0) is 37.2. The highest BCUT2D eigenvalue weighted by Crippen LogP contribution is 2.44. The topological polar surface area (TPSA) is 84.7 Å². The maximum absolute atomic E-state index is 14.6. The quantitative estimate of drug-likeness (QED) is 0.113. The van der Waals surface area contributed by atoms with Crippen molar-refractivity contribution in [3.8, 4) is 0 Å².